The van der Waals surface area contributed by atoms with Crippen LogP contribution in [0.4, 0.5) is 4.39 Å². The van der Waals surface area contributed by atoms with Crippen LogP contribution in [-0.4, -0.2) is 18.0 Å². The molecule has 0 bridgehead atoms. The maximum Gasteiger partial charge on any atom is 0.237 e. The van der Waals surface area contributed by atoms with Crippen LogP contribution in [0.5, 0.6) is 0 Å². The normalized spacial score (nSPS) is 15.5. The van der Waals surface area contributed by atoms with Crippen LogP contribution in [-0.2, 0) is 4.79 Å². The fourth-order valence-electron chi connectivity index (χ4n) is 1.90. The summed E-state index contributed by atoms with van der Waals surface area (Å²) in [5, 5.41) is 6.12. The Morgan fingerprint density at radius 2 is 1.95 bits per heavy atom. The average molecular weight is 280 g/mol. The molecule has 0 radical (unpaired) electrons. The first-order chi connectivity index (χ1) is 9.35. The number of aryl methyl sites for hydroxylation is 1. The van der Waals surface area contributed by atoms with Crippen molar-refractivity contribution in [2.45, 2.75) is 59.2 Å². The molecule has 0 saturated carbocycles. The fraction of sp³-hybridized carbons (Fsp3) is 0.562. The Labute approximate surface area is 121 Å². The Hall–Kier alpha value is -1.42. The van der Waals surface area contributed by atoms with Crippen LogP contribution in [0, 0.1) is 12.7 Å². The van der Waals surface area contributed by atoms with Crippen molar-refractivity contribution >= 4 is 5.91 Å². The van der Waals surface area contributed by atoms with Gasteiger partial charge in [0, 0.05) is 12.1 Å². The van der Waals surface area contributed by atoms with Crippen molar-refractivity contribution in [2.24, 2.45) is 0 Å². The van der Waals surface area contributed by atoms with Crippen molar-refractivity contribution in [1.82, 2.24) is 10.6 Å². The highest BCUT2D eigenvalue weighted by Gasteiger charge is 2.17. The smallest absolute Gasteiger partial charge is 0.237 e. The third kappa shape index (κ3) is 4.60. The Kier molecular flexibility index (Phi) is 6.14. The maximum atomic E-state index is 13.5. The third-order valence-electron chi connectivity index (χ3n) is 3.59. The Morgan fingerprint density at radius 1 is 1.30 bits per heavy atom. The van der Waals surface area contributed by atoms with Gasteiger partial charge in [0.15, 0.2) is 0 Å². The lowest BCUT2D eigenvalue weighted by atomic mass is 10.1. The predicted molar refractivity (Wildman–Crippen MR) is 80.0 cm³/mol. The predicted octanol–water partition coefficient (Wildman–Crippen LogP) is 3.09. The molecule has 0 aliphatic heterocycles. The summed E-state index contributed by atoms with van der Waals surface area (Å²) < 4.78 is 13.5. The van der Waals surface area contributed by atoms with E-state index >= 15 is 0 Å². The van der Waals surface area contributed by atoms with Crippen LogP contribution in [0.1, 0.15) is 51.3 Å². The minimum atomic E-state index is -0.316. The molecule has 0 aliphatic carbocycles. The lowest BCUT2D eigenvalue weighted by Gasteiger charge is -2.22. The van der Waals surface area contributed by atoms with Crippen molar-refractivity contribution in [1.29, 1.82) is 0 Å². The molecule has 1 rings (SSSR count). The summed E-state index contributed by atoms with van der Waals surface area (Å²) in [6, 6.07) is 4.93. The molecule has 3 nitrogen and oxygen atoms in total. The molecule has 1 aromatic rings. The molecule has 2 N–H and O–H groups in total. The van der Waals surface area contributed by atoms with E-state index in [1.54, 1.807) is 13.0 Å². The molecule has 0 heterocycles. The second-order valence-electron chi connectivity index (χ2n) is 5.44. The van der Waals surface area contributed by atoms with E-state index in [-0.39, 0.29) is 29.8 Å². The summed E-state index contributed by atoms with van der Waals surface area (Å²) in [6.07, 6.45) is 0.900. The zero-order valence-electron chi connectivity index (χ0n) is 13.0. The van der Waals surface area contributed by atoms with E-state index in [2.05, 4.69) is 10.6 Å². The largest absolute Gasteiger partial charge is 0.352 e. The highest BCUT2D eigenvalue weighted by atomic mass is 19.1. The molecule has 4 heteroatoms. The summed E-state index contributed by atoms with van der Waals surface area (Å²) >= 11 is 0. The molecule has 0 saturated heterocycles. The van der Waals surface area contributed by atoms with Gasteiger partial charge in [-0.25, -0.2) is 4.39 Å². The number of hydrogen-bond acceptors (Lipinski definition) is 2. The van der Waals surface area contributed by atoms with Crippen molar-refractivity contribution in [3.63, 3.8) is 0 Å². The summed E-state index contributed by atoms with van der Waals surface area (Å²) in [4.78, 5) is 12.0. The Bertz CT molecular complexity index is 462. The minimum Gasteiger partial charge on any atom is -0.352 e. The number of nitrogens with one attached hydrogen (secondary N) is 2. The first-order valence-electron chi connectivity index (χ1n) is 7.17. The van der Waals surface area contributed by atoms with Gasteiger partial charge in [0.1, 0.15) is 5.82 Å². The number of carbonyl (C=O) groups is 1. The molecule has 3 unspecified atom stereocenters. The van der Waals surface area contributed by atoms with Crippen molar-refractivity contribution in [3.05, 3.63) is 35.1 Å². The Morgan fingerprint density at radius 3 is 2.50 bits per heavy atom. The maximum absolute atomic E-state index is 13.5. The number of carbonyl (C=O) groups excluding carboxylic acids is 1. The van der Waals surface area contributed by atoms with Gasteiger partial charge in [-0.15, -0.1) is 0 Å². The van der Waals surface area contributed by atoms with Crippen molar-refractivity contribution in [3.8, 4) is 0 Å². The number of halogens is 1. The number of hydrogen-bond donors (Lipinski definition) is 2. The van der Waals surface area contributed by atoms with Gasteiger partial charge in [-0.2, -0.15) is 0 Å². The number of rotatable bonds is 6. The van der Waals surface area contributed by atoms with Crippen LogP contribution < -0.4 is 10.6 Å². The molecular weight excluding hydrogens is 255 g/mol. The molecule has 1 aromatic carbocycles. The highest BCUT2D eigenvalue weighted by Crippen LogP contribution is 2.16. The monoisotopic (exact) mass is 280 g/mol. The van der Waals surface area contributed by atoms with Crippen molar-refractivity contribution < 1.29 is 9.18 Å². The van der Waals surface area contributed by atoms with Gasteiger partial charge in [0.2, 0.25) is 5.91 Å². The van der Waals surface area contributed by atoms with Crippen LogP contribution in [0.2, 0.25) is 0 Å². The van der Waals surface area contributed by atoms with Gasteiger partial charge in [-0.05, 0) is 51.3 Å². The van der Waals surface area contributed by atoms with Gasteiger partial charge in [-0.3, -0.25) is 10.1 Å². The molecule has 112 valence electrons. The summed E-state index contributed by atoms with van der Waals surface area (Å²) in [6.45, 7) is 9.49. The lowest BCUT2D eigenvalue weighted by molar-refractivity contribution is -0.123. The van der Waals surface area contributed by atoms with Crippen LogP contribution in [0.15, 0.2) is 18.2 Å². The molecule has 3 atom stereocenters. The van der Waals surface area contributed by atoms with Gasteiger partial charge < -0.3 is 5.32 Å². The third-order valence-corrected chi connectivity index (χ3v) is 3.59. The molecule has 20 heavy (non-hydrogen) atoms. The van der Waals surface area contributed by atoms with E-state index in [1.165, 1.54) is 6.07 Å². The number of benzene rings is 1. The summed E-state index contributed by atoms with van der Waals surface area (Å²) in [7, 11) is 0. The molecule has 0 aliphatic rings. The van der Waals surface area contributed by atoms with Gasteiger partial charge >= 0.3 is 0 Å². The summed E-state index contributed by atoms with van der Waals surface area (Å²) in [5.74, 6) is -0.244. The number of amides is 1. The second kappa shape index (κ2) is 7.39. The van der Waals surface area contributed by atoms with E-state index < -0.39 is 0 Å². The Balaban J connectivity index is 2.62. The average Bonchev–Trinajstić information content (AvgIpc) is 2.41. The highest BCUT2D eigenvalue weighted by molar-refractivity contribution is 5.81. The topological polar surface area (TPSA) is 41.1 Å². The minimum absolute atomic E-state index is 0.0289. The second-order valence-corrected chi connectivity index (χ2v) is 5.44. The first-order valence-corrected chi connectivity index (χ1v) is 7.17. The first kappa shape index (κ1) is 16.6. The molecule has 1 amide bonds. The fourth-order valence-corrected chi connectivity index (χ4v) is 1.90. The standard InChI is InChI=1S/C16H25FN2O/c1-6-11(3)18-16(20)13(5)19-12(4)14-8-7-10(2)15(17)9-14/h7-9,11-13,19H,6H2,1-5H3,(H,18,20). The quantitative estimate of drug-likeness (QED) is 0.840. The zero-order valence-corrected chi connectivity index (χ0v) is 13.0. The molecular formula is C16H25FN2O. The van der Waals surface area contributed by atoms with E-state index in [4.69, 9.17) is 0 Å². The van der Waals surface area contributed by atoms with E-state index in [0.717, 1.165) is 12.0 Å². The van der Waals surface area contributed by atoms with Crippen LogP contribution in [0.25, 0.3) is 0 Å². The molecule has 0 aromatic heterocycles. The van der Waals surface area contributed by atoms with Crippen LogP contribution in [0.3, 0.4) is 0 Å². The zero-order chi connectivity index (χ0) is 15.3. The summed E-state index contributed by atoms with van der Waals surface area (Å²) in [5.41, 5.74) is 1.47. The van der Waals surface area contributed by atoms with Crippen molar-refractivity contribution in [2.75, 3.05) is 0 Å². The molecule has 0 spiro atoms. The van der Waals surface area contributed by atoms with E-state index in [0.29, 0.717) is 5.56 Å². The van der Waals surface area contributed by atoms with Gasteiger partial charge in [0.05, 0.1) is 6.04 Å². The SMILES string of the molecule is CCC(C)NC(=O)C(C)NC(C)c1ccc(C)c(F)c1. The van der Waals surface area contributed by atoms with Gasteiger partial charge in [0.25, 0.3) is 0 Å². The van der Waals surface area contributed by atoms with Gasteiger partial charge in [-0.1, -0.05) is 19.1 Å². The van der Waals surface area contributed by atoms with E-state index in [1.807, 2.05) is 33.8 Å². The van der Waals surface area contributed by atoms with Crippen LogP contribution >= 0.6 is 0 Å². The van der Waals surface area contributed by atoms with E-state index in [9.17, 15) is 9.18 Å². The molecule has 0 fully saturated rings. The lowest BCUT2D eigenvalue weighted by Crippen LogP contribution is -2.46.